The fourth-order valence-electron chi connectivity index (χ4n) is 2.13. The molecule has 1 aromatic carbocycles. The standard InChI is InChI=1S/C14H23FN2/c1-4-11(3)17(5-2)14-7-6-13(15)10-12(14)8-9-16/h6-7,10-11H,4-5,8-9,16H2,1-3H3. The average molecular weight is 238 g/mol. The first-order chi connectivity index (χ1) is 8.13. The highest BCUT2D eigenvalue weighted by Gasteiger charge is 2.14. The molecule has 0 amide bonds. The van der Waals surface area contributed by atoms with Crippen molar-refractivity contribution in [2.24, 2.45) is 5.73 Å². The van der Waals surface area contributed by atoms with E-state index in [1.807, 2.05) is 6.07 Å². The highest BCUT2D eigenvalue weighted by atomic mass is 19.1. The molecule has 2 N–H and O–H groups in total. The van der Waals surface area contributed by atoms with Gasteiger partial charge in [0.05, 0.1) is 0 Å². The van der Waals surface area contributed by atoms with Gasteiger partial charge in [0.1, 0.15) is 5.82 Å². The zero-order chi connectivity index (χ0) is 12.8. The minimum absolute atomic E-state index is 0.183. The Hall–Kier alpha value is -1.09. The minimum atomic E-state index is -0.183. The SMILES string of the molecule is CCC(C)N(CC)c1ccc(F)cc1CCN. The fourth-order valence-corrected chi connectivity index (χ4v) is 2.13. The van der Waals surface area contributed by atoms with E-state index in [0.29, 0.717) is 12.6 Å². The van der Waals surface area contributed by atoms with E-state index in [1.165, 1.54) is 6.07 Å². The summed E-state index contributed by atoms with van der Waals surface area (Å²) in [6.07, 6.45) is 1.80. The van der Waals surface area contributed by atoms with Crippen molar-refractivity contribution in [1.82, 2.24) is 0 Å². The maximum Gasteiger partial charge on any atom is 0.123 e. The van der Waals surface area contributed by atoms with Crippen molar-refractivity contribution in [2.75, 3.05) is 18.0 Å². The Kier molecular flexibility index (Phi) is 5.42. The van der Waals surface area contributed by atoms with Gasteiger partial charge < -0.3 is 10.6 Å². The number of rotatable bonds is 6. The Bertz CT molecular complexity index is 352. The van der Waals surface area contributed by atoms with Crippen LogP contribution >= 0.6 is 0 Å². The summed E-state index contributed by atoms with van der Waals surface area (Å²) < 4.78 is 13.3. The van der Waals surface area contributed by atoms with Crippen LogP contribution in [0.3, 0.4) is 0 Å². The van der Waals surface area contributed by atoms with E-state index in [-0.39, 0.29) is 5.82 Å². The molecule has 0 radical (unpaired) electrons. The number of nitrogens with zero attached hydrogens (tertiary/aromatic N) is 1. The number of hydrogen-bond donors (Lipinski definition) is 1. The third-order valence-corrected chi connectivity index (χ3v) is 3.23. The van der Waals surface area contributed by atoms with Crippen molar-refractivity contribution in [3.05, 3.63) is 29.6 Å². The molecule has 2 nitrogen and oxygen atoms in total. The molecule has 0 fully saturated rings. The van der Waals surface area contributed by atoms with E-state index in [9.17, 15) is 4.39 Å². The lowest BCUT2D eigenvalue weighted by Gasteiger charge is -2.31. The monoisotopic (exact) mass is 238 g/mol. The predicted octanol–water partition coefficient (Wildman–Crippen LogP) is 2.95. The first-order valence-corrected chi connectivity index (χ1v) is 6.39. The van der Waals surface area contributed by atoms with Crippen LogP contribution in [0.5, 0.6) is 0 Å². The lowest BCUT2D eigenvalue weighted by Crippen LogP contribution is -2.33. The molecule has 3 heteroatoms. The normalized spacial score (nSPS) is 12.5. The summed E-state index contributed by atoms with van der Waals surface area (Å²) in [6, 6.07) is 5.46. The van der Waals surface area contributed by atoms with Crippen molar-refractivity contribution >= 4 is 5.69 Å². The van der Waals surface area contributed by atoms with E-state index in [0.717, 1.165) is 30.6 Å². The van der Waals surface area contributed by atoms with E-state index < -0.39 is 0 Å². The second kappa shape index (κ2) is 6.60. The van der Waals surface area contributed by atoms with Gasteiger partial charge in [0.2, 0.25) is 0 Å². The summed E-state index contributed by atoms with van der Waals surface area (Å²) in [5, 5.41) is 0. The minimum Gasteiger partial charge on any atom is -0.369 e. The molecule has 0 aliphatic rings. The van der Waals surface area contributed by atoms with Gasteiger partial charge in [0.25, 0.3) is 0 Å². The number of halogens is 1. The quantitative estimate of drug-likeness (QED) is 0.825. The Labute approximate surface area is 104 Å². The zero-order valence-electron chi connectivity index (χ0n) is 11.0. The van der Waals surface area contributed by atoms with Gasteiger partial charge in [-0.3, -0.25) is 0 Å². The third-order valence-electron chi connectivity index (χ3n) is 3.23. The molecule has 96 valence electrons. The second-order valence-corrected chi connectivity index (χ2v) is 4.35. The number of benzene rings is 1. The number of nitrogens with two attached hydrogens (primary N) is 1. The molecule has 1 unspecified atom stereocenters. The summed E-state index contributed by atoms with van der Waals surface area (Å²) in [6.45, 7) is 7.97. The van der Waals surface area contributed by atoms with Gasteiger partial charge in [-0.15, -0.1) is 0 Å². The lowest BCUT2D eigenvalue weighted by atomic mass is 10.1. The number of hydrogen-bond acceptors (Lipinski definition) is 2. The molecule has 0 saturated heterocycles. The van der Waals surface area contributed by atoms with Crippen LogP contribution in [0.1, 0.15) is 32.8 Å². The van der Waals surface area contributed by atoms with Gasteiger partial charge in [-0.2, -0.15) is 0 Å². The van der Waals surface area contributed by atoms with E-state index in [1.54, 1.807) is 6.07 Å². The Morgan fingerprint density at radius 2 is 2.06 bits per heavy atom. The molecular weight excluding hydrogens is 215 g/mol. The van der Waals surface area contributed by atoms with Crippen LogP contribution in [0.25, 0.3) is 0 Å². The van der Waals surface area contributed by atoms with Crippen molar-refractivity contribution in [2.45, 2.75) is 39.7 Å². The van der Waals surface area contributed by atoms with Crippen molar-refractivity contribution in [3.8, 4) is 0 Å². The van der Waals surface area contributed by atoms with Crippen LogP contribution in [-0.2, 0) is 6.42 Å². The maximum absolute atomic E-state index is 13.3. The highest BCUT2D eigenvalue weighted by Crippen LogP contribution is 2.24. The van der Waals surface area contributed by atoms with Crippen LogP contribution in [0.15, 0.2) is 18.2 Å². The predicted molar refractivity (Wildman–Crippen MR) is 71.9 cm³/mol. The Morgan fingerprint density at radius 3 is 2.59 bits per heavy atom. The van der Waals surface area contributed by atoms with E-state index >= 15 is 0 Å². The van der Waals surface area contributed by atoms with Crippen LogP contribution < -0.4 is 10.6 Å². The van der Waals surface area contributed by atoms with Crippen LogP contribution in [0.4, 0.5) is 10.1 Å². The topological polar surface area (TPSA) is 29.3 Å². The molecule has 1 aromatic rings. The molecule has 0 bridgehead atoms. The number of anilines is 1. The Balaban J connectivity index is 3.08. The fraction of sp³-hybridized carbons (Fsp3) is 0.571. The van der Waals surface area contributed by atoms with Crippen molar-refractivity contribution in [3.63, 3.8) is 0 Å². The molecule has 1 atom stereocenters. The van der Waals surface area contributed by atoms with Gasteiger partial charge in [-0.25, -0.2) is 4.39 Å². The molecule has 17 heavy (non-hydrogen) atoms. The molecule has 0 heterocycles. The summed E-state index contributed by atoms with van der Waals surface area (Å²) >= 11 is 0. The van der Waals surface area contributed by atoms with Crippen molar-refractivity contribution in [1.29, 1.82) is 0 Å². The van der Waals surface area contributed by atoms with Gasteiger partial charge in [-0.05, 0) is 57.0 Å². The average Bonchev–Trinajstić information content (AvgIpc) is 2.32. The van der Waals surface area contributed by atoms with Gasteiger partial charge in [0.15, 0.2) is 0 Å². The van der Waals surface area contributed by atoms with Crippen molar-refractivity contribution < 1.29 is 4.39 Å². The lowest BCUT2D eigenvalue weighted by molar-refractivity contribution is 0.613. The van der Waals surface area contributed by atoms with Crippen LogP contribution in [0, 0.1) is 5.82 Å². The molecule has 1 rings (SSSR count). The second-order valence-electron chi connectivity index (χ2n) is 4.35. The van der Waals surface area contributed by atoms with Gasteiger partial charge in [-0.1, -0.05) is 6.92 Å². The molecule has 0 saturated carbocycles. The Morgan fingerprint density at radius 1 is 1.35 bits per heavy atom. The maximum atomic E-state index is 13.3. The van der Waals surface area contributed by atoms with E-state index in [2.05, 4.69) is 25.7 Å². The molecule has 0 aliphatic heterocycles. The summed E-state index contributed by atoms with van der Waals surface area (Å²) in [5.41, 5.74) is 7.72. The molecule has 0 aromatic heterocycles. The molecule has 0 aliphatic carbocycles. The first-order valence-electron chi connectivity index (χ1n) is 6.39. The first kappa shape index (κ1) is 14.0. The molecular formula is C14H23FN2. The third kappa shape index (κ3) is 3.43. The van der Waals surface area contributed by atoms with Crippen LogP contribution in [-0.4, -0.2) is 19.1 Å². The smallest absolute Gasteiger partial charge is 0.123 e. The zero-order valence-corrected chi connectivity index (χ0v) is 11.0. The van der Waals surface area contributed by atoms with Crippen LogP contribution in [0.2, 0.25) is 0 Å². The van der Waals surface area contributed by atoms with E-state index in [4.69, 9.17) is 5.73 Å². The largest absolute Gasteiger partial charge is 0.369 e. The highest BCUT2D eigenvalue weighted by molar-refractivity contribution is 5.54. The molecule has 0 spiro atoms. The van der Waals surface area contributed by atoms with Gasteiger partial charge in [0, 0.05) is 18.3 Å². The summed E-state index contributed by atoms with van der Waals surface area (Å²) in [5.74, 6) is -0.183. The van der Waals surface area contributed by atoms with Gasteiger partial charge >= 0.3 is 0 Å². The summed E-state index contributed by atoms with van der Waals surface area (Å²) in [7, 11) is 0. The summed E-state index contributed by atoms with van der Waals surface area (Å²) in [4.78, 5) is 2.31.